The summed E-state index contributed by atoms with van der Waals surface area (Å²) < 4.78 is 0. The lowest BCUT2D eigenvalue weighted by molar-refractivity contribution is -0.385. The van der Waals surface area contributed by atoms with Gasteiger partial charge in [-0.1, -0.05) is 91.8 Å². The summed E-state index contributed by atoms with van der Waals surface area (Å²) in [5, 5.41) is 26.5. The van der Waals surface area contributed by atoms with Crippen LogP contribution in [0.5, 0.6) is 0 Å². The summed E-state index contributed by atoms with van der Waals surface area (Å²) in [5.41, 5.74) is 4.55. The van der Waals surface area contributed by atoms with Crippen LogP contribution in [0.4, 0.5) is 22.7 Å². The smallest absolute Gasteiger partial charge is 0.269 e. The zero-order valence-electron chi connectivity index (χ0n) is 28.2. The predicted molar refractivity (Wildman–Crippen MR) is 187 cm³/mol. The molecular formula is C37H50N4O4. The van der Waals surface area contributed by atoms with Crippen molar-refractivity contribution in [2.24, 2.45) is 11.8 Å². The van der Waals surface area contributed by atoms with Gasteiger partial charge in [-0.25, -0.2) is 0 Å². The van der Waals surface area contributed by atoms with Crippen molar-refractivity contribution in [1.29, 1.82) is 0 Å². The van der Waals surface area contributed by atoms with Crippen molar-refractivity contribution in [2.45, 2.75) is 85.5 Å². The van der Waals surface area contributed by atoms with E-state index in [9.17, 15) is 20.2 Å². The second-order valence-electron chi connectivity index (χ2n) is 13.9. The first kappa shape index (κ1) is 35.3. The van der Waals surface area contributed by atoms with Gasteiger partial charge in [-0.05, 0) is 65.8 Å². The van der Waals surface area contributed by atoms with Crippen LogP contribution in [-0.4, -0.2) is 22.9 Å². The minimum Gasteiger partial charge on any atom is -0.385 e. The lowest BCUT2D eigenvalue weighted by atomic mass is 9.80. The number of anilines is 2. The third-order valence-corrected chi connectivity index (χ3v) is 8.46. The van der Waals surface area contributed by atoms with Gasteiger partial charge in [0, 0.05) is 59.8 Å². The van der Waals surface area contributed by atoms with Crippen molar-refractivity contribution in [2.75, 3.05) is 23.3 Å². The Morgan fingerprint density at radius 3 is 2.11 bits per heavy atom. The third-order valence-electron chi connectivity index (χ3n) is 8.46. The number of nitrogens with zero attached hydrogens (tertiary/aromatic N) is 3. The van der Waals surface area contributed by atoms with Gasteiger partial charge in [0.25, 0.3) is 11.4 Å². The number of rotatable bonds is 15. The molecule has 1 heterocycles. The standard InChI is InChI=1S/C37H50N4O4/c1-27(2)20-23-38-33-18-16-29(40(42)43)25-31(33)36(5,6)22-14-12-10-9-11-13-15-35-37(7,8)32-26-30(41(44)45)17-19-34(32)39(35)24-21-28(3)4/h9-19,25-28,38H,20-24H2,1-8H3/b10-9+,13-11+,14-12+,35-15+. The quantitative estimate of drug-likeness (QED) is 0.122. The van der Waals surface area contributed by atoms with E-state index in [2.05, 4.69) is 77.8 Å². The first-order valence-electron chi connectivity index (χ1n) is 15.9. The first-order chi connectivity index (χ1) is 21.1. The lowest BCUT2D eigenvalue weighted by Gasteiger charge is -2.27. The van der Waals surface area contributed by atoms with E-state index in [1.54, 1.807) is 24.3 Å². The molecule has 0 radical (unpaired) electrons. The largest absolute Gasteiger partial charge is 0.385 e. The molecule has 0 aliphatic carbocycles. The number of non-ortho nitro benzene ring substituents is 2. The van der Waals surface area contributed by atoms with Gasteiger partial charge >= 0.3 is 0 Å². The summed E-state index contributed by atoms with van der Waals surface area (Å²) in [6.07, 6.45) is 16.9. The molecule has 3 rings (SSSR count). The van der Waals surface area contributed by atoms with Gasteiger partial charge in [0.1, 0.15) is 0 Å². The van der Waals surface area contributed by atoms with Crippen LogP contribution in [0.3, 0.4) is 0 Å². The molecule has 1 N–H and O–H groups in total. The van der Waals surface area contributed by atoms with Crippen LogP contribution >= 0.6 is 0 Å². The molecule has 8 heteroatoms. The summed E-state index contributed by atoms with van der Waals surface area (Å²) in [6, 6.07) is 10.3. The van der Waals surface area contributed by atoms with Crippen LogP contribution in [0.15, 0.2) is 84.6 Å². The normalized spacial score (nSPS) is 15.8. The average Bonchev–Trinajstić information content (AvgIpc) is 3.17. The fourth-order valence-corrected chi connectivity index (χ4v) is 5.65. The van der Waals surface area contributed by atoms with E-state index < -0.39 is 0 Å². The number of nitrogens with one attached hydrogen (secondary N) is 1. The van der Waals surface area contributed by atoms with Gasteiger partial charge in [0.15, 0.2) is 0 Å². The minimum atomic E-state index is -0.368. The Morgan fingerprint density at radius 2 is 1.47 bits per heavy atom. The third kappa shape index (κ3) is 9.16. The highest BCUT2D eigenvalue weighted by Crippen LogP contribution is 2.49. The molecule has 242 valence electrons. The Hall–Kier alpha value is -4.20. The van der Waals surface area contributed by atoms with Crippen LogP contribution < -0.4 is 10.2 Å². The number of allylic oxidation sites excluding steroid dienone is 8. The van der Waals surface area contributed by atoms with Crippen molar-refractivity contribution < 1.29 is 9.85 Å². The van der Waals surface area contributed by atoms with Crippen LogP contribution in [0.2, 0.25) is 0 Å². The number of hydrogen-bond acceptors (Lipinski definition) is 6. The molecule has 2 aromatic rings. The Balaban J connectivity index is 1.73. The van der Waals surface area contributed by atoms with Crippen molar-refractivity contribution in [1.82, 2.24) is 0 Å². The summed E-state index contributed by atoms with van der Waals surface area (Å²) in [5.74, 6) is 1.11. The van der Waals surface area contributed by atoms with Gasteiger partial charge in [-0.15, -0.1) is 0 Å². The predicted octanol–water partition coefficient (Wildman–Crippen LogP) is 10.0. The van der Waals surface area contributed by atoms with Gasteiger partial charge in [-0.3, -0.25) is 20.2 Å². The van der Waals surface area contributed by atoms with Crippen LogP contribution in [0, 0.1) is 32.1 Å². The van der Waals surface area contributed by atoms with E-state index in [0.717, 1.165) is 54.1 Å². The van der Waals surface area contributed by atoms with Crippen molar-refractivity contribution in [3.63, 3.8) is 0 Å². The maximum Gasteiger partial charge on any atom is 0.269 e. The molecule has 45 heavy (non-hydrogen) atoms. The SMILES string of the molecule is CC(C)CCNc1ccc([N+](=O)[O-])cc1C(C)(C)C/C=C/C=C/C=C/C=C1/N(CCC(C)C)c2ccc([N+](=O)[O-])cc2C1(C)C. The highest BCUT2D eigenvalue weighted by atomic mass is 16.6. The second-order valence-corrected chi connectivity index (χ2v) is 13.9. The Kier molecular flexibility index (Phi) is 11.9. The molecule has 0 saturated heterocycles. The molecule has 0 unspecified atom stereocenters. The molecule has 0 saturated carbocycles. The molecule has 0 fully saturated rings. The fourth-order valence-electron chi connectivity index (χ4n) is 5.65. The van der Waals surface area contributed by atoms with Crippen LogP contribution in [-0.2, 0) is 10.8 Å². The number of nitro groups is 2. The van der Waals surface area contributed by atoms with E-state index in [-0.39, 0.29) is 32.1 Å². The maximum atomic E-state index is 11.5. The zero-order valence-corrected chi connectivity index (χ0v) is 28.2. The monoisotopic (exact) mass is 614 g/mol. The maximum absolute atomic E-state index is 11.5. The summed E-state index contributed by atoms with van der Waals surface area (Å²) in [6.45, 7) is 18.9. The Labute approximate surface area is 268 Å². The van der Waals surface area contributed by atoms with E-state index in [4.69, 9.17) is 0 Å². The van der Waals surface area contributed by atoms with Crippen LogP contribution in [0.1, 0.15) is 85.8 Å². The van der Waals surface area contributed by atoms with Gasteiger partial charge in [0.2, 0.25) is 0 Å². The molecule has 1 aliphatic rings. The number of nitro benzene ring substituents is 2. The van der Waals surface area contributed by atoms with Crippen molar-refractivity contribution >= 4 is 22.7 Å². The highest BCUT2D eigenvalue weighted by molar-refractivity contribution is 5.72. The van der Waals surface area contributed by atoms with E-state index >= 15 is 0 Å². The van der Waals surface area contributed by atoms with E-state index in [0.29, 0.717) is 18.3 Å². The number of fused-ring (bicyclic) bond motifs is 1. The summed E-state index contributed by atoms with van der Waals surface area (Å²) >= 11 is 0. The minimum absolute atomic E-state index is 0.102. The Morgan fingerprint density at radius 1 is 0.867 bits per heavy atom. The van der Waals surface area contributed by atoms with Crippen molar-refractivity contribution in [3.05, 3.63) is 116 Å². The van der Waals surface area contributed by atoms with E-state index in [1.165, 1.54) is 0 Å². The van der Waals surface area contributed by atoms with E-state index in [1.807, 2.05) is 42.5 Å². The number of benzene rings is 2. The van der Waals surface area contributed by atoms with Crippen LogP contribution in [0.25, 0.3) is 0 Å². The molecule has 0 bridgehead atoms. The molecule has 8 nitrogen and oxygen atoms in total. The molecular weight excluding hydrogens is 564 g/mol. The summed E-state index contributed by atoms with van der Waals surface area (Å²) in [4.78, 5) is 24.6. The molecule has 0 aromatic heterocycles. The van der Waals surface area contributed by atoms with Gasteiger partial charge in [0.05, 0.1) is 9.85 Å². The van der Waals surface area contributed by atoms with Gasteiger partial charge < -0.3 is 10.2 Å². The van der Waals surface area contributed by atoms with Gasteiger partial charge in [-0.2, -0.15) is 0 Å². The first-order valence-corrected chi connectivity index (χ1v) is 15.9. The molecule has 2 aromatic carbocycles. The molecule has 0 spiro atoms. The van der Waals surface area contributed by atoms with Crippen molar-refractivity contribution in [3.8, 4) is 0 Å². The summed E-state index contributed by atoms with van der Waals surface area (Å²) in [7, 11) is 0. The average molecular weight is 615 g/mol. The Bertz CT molecular complexity index is 1480. The zero-order chi connectivity index (χ0) is 33.4. The number of hydrogen-bond donors (Lipinski definition) is 1. The molecule has 1 aliphatic heterocycles. The lowest BCUT2D eigenvalue weighted by Crippen LogP contribution is -2.27. The highest BCUT2D eigenvalue weighted by Gasteiger charge is 2.40. The molecule has 0 amide bonds. The molecule has 0 atom stereocenters. The topological polar surface area (TPSA) is 102 Å². The fraction of sp³-hybridized carbons (Fsp3) is 0.459. The second kappa shape index (κ2) is 15.2.